The van der Waals surface area contributed by atoms with Gasteiger partial charge in [0.2, 0.25) is 17.6 Å². The lowest BCUT2D eigenvalue weighted by atomic mass is 10.1. The first kappa shape index (κ1) is 27.3. The first-order valence-corrected chi connectivity index (χ1v) is 14.1. The average Bonchev–Trinajstić information content (AvgIpc) is 3.64. The van der Waals surface area contributed by atoms with E-state index in [-0.39, 0.29) is 42.1 Å². The number of Topliss-reactive ketones (excluding diaryl/α,β-unsaturated/α-hetero) is 1. The number of fused-ring (bicyclic) bond motifs is 2. The number of carbonyl (C=O) groups is 4. The number of benzene rings is 2. The summed E-state index contributed by atoms with van der Waals surface area (Å²) in [7, 11) is 0. The maximum absolute atomic E-state index is 13.4. The maximum atomic E-state index is 13.4. The number of ketones is 1. The van der Waals surface area contributed by atoms with E-state index >= 15 is 0 Å². The van der Waals surface area contributed by atoms with E-state index in [0.29, 0.717) is 49.3 Å². The molecule has 3 amide bonds. The molecule has 2 aliphatic heterocycles. The summed E-state index contributed by atoms with van der Waals surface area (Å²) in [6, 6.07) is 11.5. The molecule has 3 atom stereocenters. The standard InChI is InChI=1S/C28H31N7O4S/c29-28(30)32-11-3-6-21(24(37)26-31-12-13-40-26)33-25(38)22-10-9-20-15-34(16-23(36)35(20)22)27(39)19-8-7-17-4-1-2-5-18(17)14-19/h1-2,4-5,7-8,12-14,20-22H,3,6,9-11,15-16H2,(H,33,38)(H4,29,30,32)/t20-,21?,22?/m0/s1. The summed E-state index contributed by atoms with van der Waals surface area (Å²) < 4.78 is 0. The van der Waals surface area contributed by atoms with E-state index in [2.05, 4.69) is 15.3 Å². The lowest BCUT2D eigenvalue weighted by molar-refractivity contribution is -0.144. The Morgan fingerprint density at radius 2 is 1.93 bits per heavy atom. The first-order chi connectivity index (χ1) is 19.3. The van der Waals surface area contributed by atoms with Gasteiger partial charge in [-0.3, -0.25) is 24.2 Å². The van der Waals surface area contributed by atoms with Gasteiger partial charge in [0.05, 0.1) is 12.1 Å². The van der Waals surface area contributed by atoms with Crippen molar-refractivity contribution in [3.8, 4) is 0 Å². The second-order valence-corrected chi connectivity index (χ2v) is 10.9. The van der Waals surface area contributed by atoms with Gasteiger partial charge in [0.15, 0.2) is 11.0 Å². The Hall–Kier alpha value is -4.32. The second kappa shape index (κ2) is 11.8. The summed E-state index contributed by atoms with van der Waals surface area (Å²) in [4.78, 5) is 64.3. The molecular weight excluding hydrogens is 530 g/mol. The molecule has 208 valence electrons. The molecular formula is C28H31N7O4S. The van der Waals surface area contributed by atoms with Crippen molar-refractivity contribution in [3.05, 3.63) is 64.6 Å². The minimum atomic E-state index is -0.822. The number of rotatable bonds is 9. The summed E-state index contributed by atoms with van der Waals surface area (Å²) in [5.41, 5.74) is 11.3. The molecule has 0 spiro atoms. The van der Waals surface area contributed by atoms with Gasteiger partial charge in [0, 0.05) is 30.2 Å². The van der Waals surface area contributed by atoms with Crippen LogP contribution in [0.3, 0.4) is 0 Å². The van der Waals surface area contributed by atoms with Crippen LogP contribution in [0.5, 0.6) is 0 Å². The van der Waals surface area contributed by atoms with Crippen molar-refractivity contribution in [1.29, 1.82) is 0 Å². The third-order valence-electron chi connectivity index (χ3n) is 7.36. The molecule has 5 N–H and O–H groups in total. The van der Waals surface area contributed by atoms with Gasteiger partial charge in [-0.1, -0.05) is 30.3 Å². The van der Waals surface area contributed by atoms with Crippen LogP contribution in [0.2, 0.25) is 0 Å². The van der Waals surface area contributed by atoms with E-state index < -0.39 is 12.1 Å². The van der Waals surface area contributed by atoms with E-state index in [1.165, 1.54) is 17.5 Å². The fraction of sp³-hybridized carbons (Fsp3) is 0.357. The predicted octanol–water partition coefficient (Wildman–Crippen LogP) is 1.53. The van der Waals surface area contributed by atoms with Crippen LogP contribution in [-0.2, 0) is 9.59 Å². The molecule has 2 aliphatic rings. The van der Waals surface area contributed by atoms with Gasteiger partial charge in [-0.05, 0) is 48.6 Å². The van der Waals surface area contributed by atoms with Crippen LogP contribution in [0.1, 0.15) is 45.8 Å². The van der Waals surface area contributed by atoms with Gasteiger partial charge in [0.1, 0.15) is 12.6 Å². The average molecular weight is 562 g/mol. The summed E-state index contributed by atoms with van der Waals surface area (Å²) in [6.07, 6.45) is 3.36. The molecule has 5 rings (SSSR count). The van der Waals surface area contributed by atoms with Gasteiger partial charge < -0.3 is 26.6 Å². The number of hydrogen-bond donors (Lipinski definition) is 3. The number of carbonyl (C=O) groups excluding carboxylic acids is 4. The molecule has 0 bridgehead atoms. The number of nitrogens with zero attached hydrogens (tertiary/aromatic N) is 4. The largest absolute Gasteiger partial charge is 0.370 e. The normalized spacial score (nSPS) is 19.2. The van der Waals surface area contributed by atoms with Crippen LogP contribution in [0.4, 0.5) is 0 Å². The number of piperazine rings is 1. The van der Waals surface area contributed by atoms with Crippen molar-refractivity contribution < 1.29 is 19.2 Å². The van der Waals surface area contributed by atoms with Gasteiger partial charge in [-0.25, -0.2) is 4.98 Å². The zero-order valence-electron chi connectivity index (χ0n) is 21.9. The van der Waals surface area contributed by atoms with Gasteiger partial charge in [-0.2, -0.15) is 0 Å². The summed E-state index contributed by atoms with van der Waals surface area (Å²) in [6.45, 7) is 0.560. The van der Waals surface area contributed by atoms with Crippen LogP contribution >= 0.6 is 11.3 Å². The van der Waals surface area contributed by atoms with E-state index in [1.807, 2.05) is 36.4 Å². The highest BCUT2D eigenvalue weighted by Crippen LogP contribution is 2.30. The molecule has 40 heavy (non-hydrogen) atoms. The first-order valence-electron chi connectivity index (χ1n) is 13.2. The Morgan fingerprint density at radius 3 is 2.67 bits per heavy atom. The molecule has 0 saturated carbocycles. The van der Waals surface area contributed by atoms with Gasteiger partial charge >= 0.3 is 0 Å². The topological polar surface area (TPSA) is 164 Å². The van der Waals surface area contributed by atoms with Crippen LogP contribution in [0.15, 0.2) is 59.0 Å². The number of hydrogen-bond acceptors (Lipinski definition) is 7. The third-order valence-corrected chi connectivity index (χ3v) is 8.14. The molecule has 3 heterocycles. The number of aromatic nitrogens is 1. The summed E-state index contributed by atoms with van der Waals surface area (Å²) >= 11 is 1.20. The number of aliphatic imine (C=N–C) groups is 1. The third kappa shape index (κ3) is 5.81. The highest BCUT2D eigenvalue weighted by Gasteiger charge is 2.46. The Bertz CT molecular complexity index is 1450. The highest BCUT2D eigenvalue weighted by atomic mass is 32.1. The number of nitrogens with one attached hydrogen (secondary N) is 1. The molecule has 12 heteroatoms. The Labute approximate surface area is 235 Å². The van der Waals surface area contributed by atoms with Crippen molar-refractivity contribution in [2.45, 2.75) is 43.8 Å². The zero-order valence-corrected chi connectivity index (χ0v) is 22.7. The molecule has 11 nitrogen and oxygen atoms in total. The Morgan fingerprint density at radius 1 is 1.12 bits per heavy atom. The van der Waals surface area contributed by atoms with Crippen molar-refractivity contribution in [2.24, 2.45) is 16.5 Å². The fourth-order valence-corrected chi connectivity index (χ4v) is 6.09. The molecule has 2 fully saturated rings. The summed E-state index contributed by atoms with van der Waals surface area (Å²) in [5.74, 6) is -1.21. The molecule has 0 aliphatic carbocycles. The number of nitrogens with two attached hydrogens (primary N) is 2. The number of amides is 3. The second-order valence-electron chi connectivity index (χ2n) is 10.0. The van der Waals surface area contributed by atoms with Crippen LogP contribution < -0.4 is 16.8 Å². The van der Waals surface area contributed by atoms with Crippen LogP contribution in [0.25, 0.3) is 10.8 Å². The summed E-state index contributed by atoms with van der Waals surface area (Å²) in [5, 5.41) is 6.85. The molecule has 2 aromatic carbocycles. The smallest absolute Gasteiger partial charge is 0.254 e. The van der Waals surface area contributed by atoms with Crippen molar-refractivity contribution in [1.82, 2.24) is 20.1 Å². The Balaban J connectivity index is 1.25. The Kier molecular flexibility index (Phi) is 8.06. The lowest BCUT2D eigenvalue weighted by Gasteiger charge is -2.39. The van der Waals surface area contributed by atoms with Gasteiger partial charge in [0.25, 0.3) is 5.91 Å². The zero-order chi connectivity index (χ0) is 28.2. The SMILES string of the molecule is NC(N)=NCCCC(NC(=O)C1CC[C@H]2CN(C(=O)c3ccc4ccccc4c3)CC(=O)N12)C(=O)c1nccs1. The lowest BCUT2D eigenvalue weighted by Crippen LogP contribution is -2.60. The molecule has 2 saturated heterocycles. The van der Waals surface area contributed by atoms with Crippen LogP contribution in [-0.4, -0.2) is 82.0 Å². The fourth-order valence-electron chi connectivity index (χ4n) is 5.46. The minimum absolute atomic E-state index is 0.0411. The number of guanidine groups is 1. The van der Waals surface area contributed by atoms with Crippen molar-refractivity contribution >= 4 is 51.6 Å². The number of thiazole rings is 1. The van der Waals surface area contributed by atoms with Gasteiger partial charge in [-0.15, -0.1) is 11.3 Å². The quantitative estimate of drug-likeness (QED) is 0.154. The van der Waals surface area contributed by atoms with E-state index in [0.717, 1.165) is 10.8 Å². The van der Waals surface area contributed by atoms with Crippen molar-refractivity contribution in [2.75, 3.05) is 19.6 Å². The molecule has 1 aromatic heterocycles. The van der Waals surface area contributed by atoms with E-state index in [1.54, 1.807) is 21.2 Å². The molecule has 3 aromatic rings. The van der Waals surface area contributed by atoms with Crippen molar-refractivity contribution in [3.63, 3.8) is 0 Å². The van der Waals surface area contributed by atoms with E-state index in [4.69, 9.17) is 11.5 Å². The predicted molar refractivity (Wildman–Crippen MR) is 152 cm³/mol. The minimum Gasteiger partial charge on any atom is -0.370 e. The molecule has 2 unspecified atom stereocenters. The molecule has 0 radical (unpaired) electrons. The van der Waals surface area contributed by atoms with E-state index in [9.17, 15) is 19.2 Å². The van der Waals surface area contributed by atoms with Crippen LogP contribution in [0, 0.1) is 0 Å². The maximum Gasteiger partial charge on any atom is 0.254 e. The monoisotopic (exact) mass is 561 g/mol. The highest BCUT2D eigenvalue weighted by molar-refractivity contribution is 7.11.